The van der Waals surface area contributed by atoms with Crippen LogP contribution in [0.25, 0.3) is 0 Å². The van der Waals surface area contributed by atoms with Crippen molar-refractivity contribution >= 4 is 28.8 Å². The highest BCUT2D eigenvalue weighted by Gasteiger charge is 2.22. The Morgan fingerprint density at radius 2 is 1.69 bits per heavy atom. The third-order valence-corrected chi connectivity index (χ3v) is 7.34. The van der Waals surface area contributed by atoms with Crippen LogP contribution in [0.1, 0.15) is 37.5 Å². The molecular formula is C30H28N2O2S. The first-order valence-corrected chi connectivity index (χ1v) is 12.8. The molecule has 0 radical (unpaired) electrons. The van der Waals surface area contributed by atoms with E-state index in [0.29, 0.717) is 24.4 Å². The van der Waals surface area contributed by atoms with Crippen molar-refractivity contribution < 1.29 is 9.59 Å². The van der Waals surface area contributed by atoms with Crippen LogP contribution in [0.15, 0.2) is 90.3 Å². The number of carbonyl (C=O) groups is 2. The summed E-state index contributed by atoms with van der Waals surface area (Å²) in [6.45, 7) is 3.98. The first kappa shape index (κ1) is 23.1. The lowest BCUT2D eigenvalue weighted by Gasteiger charge is -2.29. The van der Waals surface area contributed by atoms with E-state index in [1.165, 1.54) is 28.0 Å². The Labute approximate surface area is 210 Å². The van der Waals surface area contributed by atoms with Gasteiger partial charge in [0.15, 0.2) is 0 Å². The fourth-order valence-corrected chi connectivity index (χ4v) is 5.27. The SMILES string of the molecule is Cc1cccc(CN(C(=O)c2cccs2)c2ccc(CC(=O)N3CCc4ccccc4C3)cc2)c1. The Hall–Kier alpha value is -3.70. The topological polar surface area (TPSA) is 40.6 Å². The van der Waals surface area contributed by atoms with Crippen LogP contribution in [-0.2, 0) is 30.7 Å². The van der Waals surface area contributed by atoms with Crippen molar-refractivity contribution in [2.24, 2.45) is 0 Å². The molecule has 2 amide bonds. The van der Waals surface area contributed by atoms with Gasteiger partial charge in [0.2, 0.25) is 5.91 Å². The minimum Gasteiger partial charge on any atom is -0.338 e. The Kier molecular flexibility index (Phi) is 6.77. The second-order valence-corrected chi connectivity index (χ2v) is 9.98. The van der Waals surface area contributed by atoms with Crippen molar-refractivity contribution in [2.75, 3.05) is 11.4 Å². The molecule has 35 heavy (non-hydrogen) atoms. The van der Waals surface area contributed by atoms with E-state index in [-0.39, 0.29) is 11.8 Å². The van der Waals surface area contributed by atoms with Crippen molar-refractivity contribution in [3.63, 3.8) is 0 Å². The van der Waals surface area contributed by atoms with E-state index in [0.717, 1.165) is 29.8 Å². The number of benzene rings is 3. The number of fused-ring (bicyclic) bond motifs is 1. The van der Waals surface area contributed by atoms with Gasteiger partial charge in [-0.2, -0.15) is 0 Å². The Bertz CT molecular complexity index is 1330. The molecule has 3 aromatic carbocycles. The lowest BCUT2D eigenvalue weighted by Crippen LogP contribution is -2.36. The molecule has 4 aromatic rings. The number of aryl methyl sites for hydroxylation is 1. The quantitative estimate of drug-likeness (QED) is 0.338. The van der Waals surface area contributed by atoms with E-state index in [1.807, 2.05) is 69.8 Å². The summed E-state index contributed by atoms with van der Waals surface area (Å²) in [5, 5.41) is 1.92. The first-order valence-electron chi connectivity index (χ1n) is 11.9. The molecule has 0 saturated heterocycles. The van der Waals surface area contributed by atoms with E-state index >= 15 is 0 Å². The summed E-state index contributed by atoms with van der Waals surface area (Å²) in [6.07, 6.45) is 1.26. The number of rotatable bonds is 6. The van der Waals surface area contributed by atoms with Crippen LogP contribution in [-0.4, -0.2) is 23.3 Å². The number of carbonyl (C=O) groups excluding carboxylic acids is 2. The third-order valence-electron chi connectivity index (χ3n) is 6.49. The van der Waals surface area contributed by atoms with Gasteiger partial charge in [0.25, 0.3) is 5.91 Å². The summed E-state index contributed by atoms with van der Waals surface area (Å²) in [6, 6.07) is 28.2. The van der Waals surface area contributed by atoms with Gasteiger partial charge in [0.1, 0.15) is 0 Å². The molecule has 0 atom stereocenters. The fourth-order valence-electron chi connectivity index (χ4n) is 4.60. The second kappa shape index (κ2) is 10.3. The molecule has 1 aromatic heterocycles. The molecule has 0 bridgehead atoms. The lowest BCUT2D eigenvalue weighted by atomic mass is 9.99. The molecule has 176 valence electrons. The lowest BCUT2D eigenvalue weighted by molar-refractivity contribution is -0.131. The molecule has 2 heterocycles. The molecule has 0 saturated carbocycles. The molecule has 1 aliphatic heterocycles. The van der Waals surface area contributed by atoms with Crippen molar-refractivity contribution in [3.8, 4) is 0 Å². The predicted molar refractivity (Wildman–Crippen MR) is 142 cm³/mol. The normalized spacial score (nSPS) is 12.8. The predicted octanol–water partition coefficient (Wildman–Crippen LogP) is 6.03. The van der Waals surface area contributed by atoms with Gasteiger partial charge >= 0.3 is 0 Å². The number of nitrogens with zero attached hydrogens (tertiary/aromatic N) is 2. The number of hydrogen-bond acceptors (Lipinski definition) is 3. The highest BCUT2D eigenvalue weighted by atomic mass is 32.1. The van der Waals surface area contributed by atoms with Gasteiger partial charge in [-0.1, -0.05) is 72.3 Å². The van der Waals surface area contributed by atoms with Gasteiger partial charge in [-0.05, 0) is 59.2 Å². The van der Waals surface area contributed by atoms with Crippen molar-refractivity contribution in [1.82, 2.24) is 4.90 Å². The molecule has 0 aliphatic carbocycles. The highest BCUT2D eigenvalue weighted by Crippen LogP contribution is 2.24. The van der Waals surface area contributed by atoms with Crippen LogP contribution in [0.5, 0.6) is 0 Å². The summed E-state index contributed by atoms with van der Waals surface area (Å²) < 4.78 is 0. The molecule has 5 heteroatoms. The van der Waals surface area contributed by atoms with Crippen molar-refractivity contribution in [3.05, 3.63) is 123 Å². The maximum atomic E-state index is 13.3. The van der Waals surface area contributed by atoms with E-state index < -0.39 is 0 Å². The van der Waals surface area contributed by atoms with Gasteiger partial charge in [-0.15, -0.1) is 11.3 Å². The number of anilines is 1. The van der Waals surface area contributed by atoms with Crippen LogP contribution in [0.2, 0.25) is 0 Å². The van der Waals surface area contributed by atoms with Crippen LogP contribution in [0, 0.1) is 6.92 Å². The first-order chi connectivity index (χ1) is 17.1. The third kappa shape index (κ3) is 5.36. The van der Waals surface area contributed by atoms with Crippen LogP contribution in [0.4, 0.5) is 5.69 Å². The smallest absolute Gasteiger partial charge is 0.268 e. The summed E-state index contributed by atoms with van der Waals surface area (Å²) in [7, 11) is 0. The van der Waals surface area contributed by atoms with Gasteiger partial charge in [-0.25, -0.2) is 0 Å². The standard InChI is InChI=1S/C30H28N2O2S/c1-22-6-4-7-24(18-22)20-32(30(34)28-10-5-17-35-28)27-13-11-23(12-14-27)19-29(33)31-16-15-25-8-2-3-9-26(25)21-31/h2-14,17-18H,15-16,19-21H2,1H3. The minimum absolute atomic E-state index is 0.0164. The van der Waals surface area contributed by atoms with Crippen LogP contribution >= 0.6 is 11.3 Å². The average molecular weight is 481 g/mol. The van der Waals surface area contributed by atoms with E-state index in [4.69, 9.17) is 0 Å². The molecule has 0 N–H and O–H groups in total. The maximum absolute atomic E-state index is 13.3. The highest BCUT2D eigenvalue weighted by molar-refractivity contribution is 7.12. The molecule has 0 fully saturated rings. The fraction of sp³-hybridized carbons (Fsp3) is 0.200. The number of hydrogen-bond donors (Lipinski definition) is 0. The van der Waals surface area contributed by atoms with Crippen LogP contribution in [0.3, 0.4) is 0 Å². The summed E-state index contributed by atoms with van der Waals surface area (Å²) in [5.41, 5.74) is 6.61. The minimum atomic E-state index is -0.0164. The monoisotopic (exact) mass is 480 g/mol. The van der Waals surface area contributed by atoms with Crippen molar-refractivity contribution in [2.45, 2.75) is 32.9 Å². The zero-order chi connectivity index (χ0) is 24.2. The largest absolute Gasteiger partial charge is 0.338 e. The number of thiophene rings is 1. The van der Waals surface area contributed by atoms with Gasteiger partial charge in [0, 0.05) is 18.8 Å². The molecule has 0 spiro atoms. The Morgan fingerprint density at radius 1 is 0.886 bits per heavy atom. The molecule has 0 unspecified atom stereocenters. The molecule has 5 rings (SSSR count). The molecular weight excluding hydrogens is 452 g/mol. The van der Waals surface area contributed by atoms with Gasteiger partial charge < -0.3 is 9.80 Å². The molecule has 1 aliphatic rings. The summed E-state index contributed by atoms with van der Waals surface area (Å²) in [5.74, 6) is 0.121. The van der Waals surface area contributed by atoms with Crippen molar-refractivity contribution in [1.29, 1.82) is 0 Å². The van der Waals surface area contributed by atoms with Gasteiger partial charge in [-0.3, -0.25) is 9.59 Å². The summed E-state index contributed by atoms with van der Waals surface area (Å²) in [4.78, 5) is 30.8. The maximum Gasteiger partial charge on any atom is 0.268 e. The second-order valence-electron chi connectivity index (χ2n) is 9.03. The van der Waals surface area contributed by atoms with E-state index in [9.17, 15) is 9.59 Å². The van der Waals surface area contributed by atoms with Gasteiger partial charge in [0.05, 0.1) is 17.8 Å². The Balaban J connectivity index is 1.32. The Morgan fingerprint density at radius 3 is 2.43 bits per heavy atom. The van der Waals surface area contributed by atoms with E-state index in [1.54, 1.807) is 0 Å². The zero-order valence-electron chi connectivity index (χ0n) is 19.8. The average Bonchev–Trinajstić information content (AvgIpc) is 3.42. The van der Waals surface area contributed by atoms with E-state index in [2.05, 4.69) is 37.3 Å². The number of amides is 2. The van der Waals surface area contributed by atoms with Crippen LogP contribution < -0.4 is 4.90 Å². The molecule has 4 nitrogen and oxygen atoms in total. The summed E-state index contributed by atoms with van der Waals surface area (Å²) >= 11 is 1.45. The zero-order valence-corrected chi connectivity index (χ0v) is 20.6.